The molecular weight excluding hydrogens is 462 g/mol. The zero-order valence-electron chi connectivity index (χ0n) is 16.1. The van der Waals surface area contributed by atoms with Crippen molar-refractivity contribution >= 4 is 52.1 Å². The van der Waals surface area contributed by atoms with Gasteiger partial charge in [0.1, 0.15) is 23.1 Å². The lowest BCUT2D eigenvalue weighted by Crippen LogP contribution is -2.47. The van der Waals surface area contributed by atoms with E-state index in [9.17, 15) is 4.39 Å². The summed E-state index contributed by atoms with van der Waals surface area (Å²) in [6.45, 7) is 2.70. The van der Waals surface area contributed by atoms with Gasteiger partial charge in [-0.1, -0.05) is 53.0 Å². The number of benzene rings is 2. The topological polar surface area (TPSA) is 49.6 Å². The molecule has 2 aromatic heterocycles. The molecule has 0 amide bonds. The van der Waals surface area contributed by atoms with Crippen LogP contribution >= 0.6 is 34.8 Å². The predicted molar refractivity (Wildman–Crippen MR) is 122 cm³/mol. The van der Waals surface area contributed by atoms with Crippen LogP contribution in [0.2, 0.25) is 15.2 Å². The number of anilines is 2. The first-order valence-electron chi connectivity index (χ1n) is 9.62. The van der Waals surface area contributed by atoms with Crippen molar-refractivity contribution in [2.24, 2.45) is 0 Å². The summed E-state index contributed by atoms with van der Waals surface area (Å²) >= 11 is 19.3. The fourth-order valence-corrected chi connectivity index (χ4v) is 4.68. The molecule has 3 heterocycles. The van der Waals surface area contributed by atoms with E-state index in [-0.39, 0.29) is 15.7 Å². The van der Waals surface area contributed by atoms with Crippen molar-refractivity contribution in [1.82, 2.24) is 19.6 Å². The van der Waals surface area contributed by atoms with Gasteiger partial charge in [0.15, 0.2) is 0 Å². The van der Waals surface area contributed by atoms with Crippen LogP contribution in [0.25, 0.3) is 16.9 Å². The monoisotopic (exact) mass is 476 g/mol. The number of hydrogen-bond acceptors (Lipinski definition) is 5. The van der Waals surface area contributed by atoms with Crippen LogP contribution < -0.4 is 9.80 Å². The van der Waals surface area contributed by atoms with Gasteiger partial charge in [-0.2, -0.15) is 19.6 Å². The van der Waals surface area contributed by atoms with Crippen LogP contribution in [0.1, 0.15) is 0 Å². The minimum absolute atomic E-state index is 0.121. The van der Waals surface area contributed by atoms with Crippen molar-refractivity contribution in [3.63, 3.8) is 0 Å². The number of rotatable bonds is 3. The van der Waals surface area contributed by atoms with Gasteiger partial charge in [-0.05, 0) is 24.3 Å². The van der Waals surface area contributed by atoms with Crippen molar-refractivity contribution in [1.29, 1.82) is 0 Å². The molecule has 5 rings (SSSR count). The molecule has 0 radical (unpaired) electrons. The second-order valence-electron chi connectivity index (χ2n) is 7.10. The molecule has 1 aliphatic heterocycles. The molecule has 1 aliphatic rings. The third kappa shape index (κ3) is 3.56. The summed E-state index contributed by atoms with van der Waals surface area (Å²) < 4.78 is 16.4. The number of piperazine rings is 1. The molecule has 31 heavy (non-hydrogen) atoms. The van der Waals surface area contributed by atoms with Crippen LogP contribution in [0.15, 0.2) is 48.8 Å². The molecule has 0 unspecified atom stereocenters. The summed E-state index contributed by atoms with van der Waals surface area (Å²) in [4.78, 5) is 12.8. The summed E-state index contributed by atoms with van der Waals surface area (Å²) in [6, 6.07) is 12.3. The predicted octanol–water partition coefficient (Wildman–Crippen LogP) is 5.22. The van der Waals surface area contributed by atoms with Gasteiger partial charge in [0.25, 0.3) is 5.78 Å². The quantitative estimate of drug-likeness (QED) is 0.379. The Hall–Kier alpha value is -2.61. The summed E-state index contributed by atoms with van der Waals surface area (Å²) in [7, 11) is 0. The minimum atomic E-state index is -0.480. The SMILES string of the molecule is Fc1cccc(Cl)c1-c1c(Cl)nc2ncnn2c1N1CCN(c2ccccc2Cl)CC1. The molecule has 10 heteroatoms. The van der Waals surface area contributed by atoms with Gasteiger partial charge in [0.05, 0.1) is 21.3 Å². The lowest BCUT2D eigenvalue weighted by molar-refractivity contribution is 0.627. The Morgan fingerprint density at radius 3 is 2.26 bits per heavy atom. The van der Waals surface area contributed by atoms with Crippen molar-refractivity contribution in [3.05, 3.63) is 69.8 Å². The fraction of sp³-hybridized carbons (Fsp3) is 0.190. The average Bonchev–Trinajstić information content (AvgIpc) is 3.22. The normalized spacial score (nSPS) is 14.5. The molecule has 0 N–H and O–H groups in total. The highest BCUT2D eigenvalue weighted by atomic mass is 35.5. The minimum Gasteiger partial charge on any atom is -0.367 e. The van der Waals surface area contributed by atoms with Crippen LogP contribution in [0.5, 0.6) is 0 Å². The largest absolute Gasteiger partial charge is 0.367 e. The Morgan fingerprint density at radius 2 is 1.52 bits per heavy atom. The third-order valence-electron chi connectivity index (χ3n) is 5.34. The molecule has 0 aliphatic carbocycles. The van der Waals surface area contributed by atoms with E-state index in [1.54, 1.807) is 16.6 Å². The van der Waals surface area contributed by atoms with E-state index >= 15 is 0 Å². The second kappa shape index (κ2) is 8.15. The molecule has 6 nitrogen and oxygen atoms in total. The van der Waals surface area contributed by atoms with Crippen LogP contribution in [0, 0.1) is 5.82 Å². The molecule has 1 saturated heterocycles. The van der Waals surface area contributed by atoms with E-state index in [1.807, 2.05) is 24.3 Å². The Morgan fingerprint density at radius 1 is 0.806 bits per heavy atom. The standard InChI is InChI=1S/C21H16Cl3FN6/c22-13-4-1-2-7-16(13)29-8-10-30(11-9-29)20-18(17-14(23)5-3-6-15(17)25)19(24)28-21-26-12-27-31(20)21/h1-7,12H,8-11H2. The number of fused-ring (bicyclic) bond motifs is 1. The van der Waals surface area contributed by atoms with Gasteiger partial charge in [-0.3, -0.25) is 0 Å². The number of aromatic nitrogens is 4. The van der Waals surface area contributed by atoms with Gasteiger partial charge in [0, 0.05) is 31.7 Å². The first-order chi connectivity index (χ1) is 15.0. The summed E-state index contributed by atoms with van der Waals surface area (Å²) in [6.07, 6.45) is 1.40. The van der Waals surface area contributed by atoms with Crippen molar-refractivity contribution in [3.8, 4) is 11.1 Å². The maximum atomic E-state index is 14.9. The fourth-order valence-electron chi connectivity index (χ4n) is 3.91. The number of nitrogens with zero attached hydrogens (tertiary/aromatic N) is 6. The van der Waals surface area contributed by atoms with Gasteiger partial charge in [-0.25, -0.2) is 4.39 Å². The first-order valence-corrected chi connectivity index (χ1v) is 10.8. The molecule has 158 valence electrons. The lowest BCUT2D eigenvalue weighted by atomic mass is 10.1. The van der Waals surface area contributed by atoms with E-state index in [2.05, 4.69) is 24.9 Å². The van der Waals surface area contributed by atoms with E-state index in [0.29, 0.717) is 48.4 Å². The molecule has 4 aromatic rings. The smallest absolute Gasteiger partial charge is 0.255 e. The first kappa shape index (κ1) is 20.3. The Bertz CT molecular complexity index is 1250. The molecule has 0 bridgehead atoms. The zero-order chi connectivity index (χ0) is 21.5. The Balaban J connectivity index is 1.59. The number of halogens is 4. The molecule has 0 saturated carbocycles. The van der Waals surface area contributed by atoms with Crippen LogP contribution in [0.3, 0.4) is 0 Å². The maximum Gasteiger partial charge on any atom is 0.255 e. The highest BCUT2D eigenvalue weighted by Gasteiger charge is 2.28. The Kier molecular flexibility index (Phi) is 5.33. The number of para-hydroxylation sites is 1. The highest BCUT2D eigenvalue weighted by Crippen LogP contribution is 2.41. The lowest BCUT2D eigenvalue weighted by Gasteiger charge is -2.38. The van der Waals surface area contributed by atoms with Crippen LogP contribution in [-0.2, 0) is 0 Å². The molecule has 0 atom stereocenters. The number of hydrogen-bond donors (Lipinski definition) is 0. The van der Waals surface area contributed by atoms with E-state index in [0.717, 1.165) is 5.69 Å². The van der Waals surface area contributed by atoms with Gasteiger partial charge in [0.2, 0.25) is 0 Å². The molecule has 0 spiro atoms. The van der Waals surface area contributed by atoms with Crippen LogP contribution in [-0.4, -0.2) is 45.8 Å². The molecule has 2 aromatic carbocycles. The van der Waals surface area contributed by atoms with Crippen molar-refractivity contribution in [2.75, 3.05) is 36.0 Å². The van der Waals surface area contributed by atoms with Crippen LogP contribution in [0.4, 0.5) is 15.9 Å². The maximum absolute atomic E-state index is 14.9. The van der Waals surface area contributed by atoms with Gasteiger partial charge in [-0.15, -0.1) is 0 Å². The molecule has 1 fully saturated rings. The zero-order valence-corrected chi connectivity index (χ0v) is 18.4. The molecular formula is C21H16Cl3FN6. The average molecular weight is 478 g/mol. The van der Waals surface area contributed by atoms with Gasteiger partial charge < -0.3 is 9.80 Å². The highest BCUT2D eigenvalue weighted by molar-refractivity contribution is 6.36. The van der Waals surface area contributed by atoms with Gasteiger partial charge >= 0.3 is 0 Å². The van der Waals surface area contributed by atoms with Crippen molar-refractivity contribution in [2.45, 2.75) is 0 Å². The summed E-state index contributed by atoms with van der Waals surface area (Å²) in [5.41, 5.74) is 1.58. The van der Waals surface area contributed by atoms with E-state index in [4.69, 9.17) is 34.8 Å². The van der Waals surface area contributed by atoms with Crippen molar-refractivity contribution < 1.29 is 4.39 Å². The van der Waals surface area contributed by atoms with E-state index in [1.165, 1.54) is 12.4 Å². The Labute approximate surface area is 192 Å². The third-order valence-corrected chi connectivity index (χ3v) is 6.25. The second-order valence-corrected chi connectivity index (χ2v) is 8.27. The summed E-state index contributed by atoms with van der Waals surface area (Å²) in [5.74, 6) is 0.467. The van der Waals surface area contributed by atoms with E-state index < -0.39 is 5.82 Å². The summed E-state index contributed by atoms with van der Waals surface area (Å²) in [5, 5.41) is 5.39.